The molecule has 2 unspecified atom stereocenters. The van der Waals surface area contributed by atoms with E-state index in [2.05, 4.69) is 5.32 Å². The van der Waals surface area contributed by atoms with Crippen molar-refractivity contribution >= 4 is 23.4 Å². The predicted molar refractivity (Wildman–Crippen MR) is 105 cm³/mol. The number of likely N-dealkylation sites (tertiary alicyclic amines) is 1. The van der Waals surface area contributed by atoms with Gasteiger partial charge in [0.15, 0.2) is 6.10 Å². The van der Waals surface area contributed by atoms with E-state index >= 15 is 0 Å². The maximum Gasteiger partial charge on any atom is 0.267 e. The topological polar surface area (TPSA) is 105 Å². The molecule has 28 heavy (non-hydrogen) atoms. The van der Waals surface area contributed by atoms with Crippen molar-refractivity contribution in [1.29, 1.82) is 0 Å². The van der Waals surface area contributed by atoms with Gasteiger partial charge in [0.05, 0.1) is 11.6 Å². The summed E-state index contributed by atoms with van der Waals surface area (Å²) in [5.74, 6) is 0.214. The zero-order chi connectivity index (χ0) is 20.1. The van der Waals surface area contributed by atoms with E-state index < -0.39 is 6.10 Å². The van der Waals surface area contributed by atoms with Crippen molar-refractivity contribution in [2.75, 3.05) is 37.6 Å². The number of amides is 3. The second-order valence-electron chi connectivity index (χ2n) is 7.23. The van der Waals surface area contributed by atoms with Gasteiger partial charge in [0.2, 0.25) is 11.8 Å². The Hall–Kier alpha value is -2.61. The van der Waals surface area contributed by atoms with E-state index in [0.717, 1.165) is 12.8 Å². The van der Waals surface area contributed by atoms with Crippen molar-refractivity contribution in [2.24, 2.45) is 11.7 Å². The van der Waals surface area contributed by atoms with Crippen LogP contribution in [0.1, 0.15) is 26.2 Å². The Balaban J connectivity index is 1.59. The van der Waals surface area contributed by atoms with Crippen molar-refractivity contribution in [2.45, 2.75) is 32.3 Å². The zero-order valence-corrected chi connectivity index (χ0v) is 16.2. The highest BCUT2D eigenvalue weighted by molar-refractivity contribution is 6.00. The summed E-state index contributed by atoms with van der Waals surface area (Å²) in [7, 11) is 0. The monoisotopic (exact) mass is 388 g/mol. The third-order valence-corrected chi connectivity index (χ3v) is 5.21. The molecule has 0 radical (unpaired) electrons. The lowest BCUT2D eigenvalue weighted by Gasteiger charge is -2.35. The van der Waals surface area contributed by atoms with Crippen molar-refractivity contribution < 1.29 is 19.1 Å². The number of nitrogens with two attached hydrogens (primary N) is 1. The van der Waals surface area contributed by atoms with Crippen molar-refractivity contribution in [3.05, 3.63) is 24.3 Å². The number of ether oxygens (including phenoxy) is 1. The van der Waals surface area contributed by atoms with Crippen LogP contribution in [0.2, 0.25) is 0 Å². The summed E-state index contributed by atoms with van der Waals surface area (Å²) in [6.45, 7) is 3.91. The quantitative estimate of drug-likeness (QED) is 0.739. The van der Waals surface area contributed by atoms with E-state index in [0.29, 0.717) is 44.2 Å². The number of hydrogen-bond acceptors (Lipinski definition) is 5. The summed E-state index contributed by atoms with van der Waals surface area (Å²) < 4.78 is 5.63. The first-order chi connectivity index (χ1) is 13.5. The number of hydrogen-bond donors (Lipinski definition) is 2. The maximum atomic E-state index is 12.7. The number of fused-ring (bicyclic) bond motifs is 1. The van der Waals surface area contributed by atoms with Gasteiger partial charge < -0.3 is 25.6 Å². The van der Waals surface area contributed by atoms with Gasteiger partial charge >= 0.3 is 0 Å². The van der Waals surface area contributed by atoms with Crippen LogP contribution in [0.5, 0.6) is 5.75 Å². The minimum atomic E-state index is -0.574. The lowest BCUT2D eigenvalue weighted by Crippen LogP contribution is -2.48. The third-order valence-electron chi connectivity index (χ3n) is 5.21. The molecule has 0 saturated carbocycles. The highest BCUT2D eigenvalue weighted by atomic mass is 16.5. The van der Waals surface area contributed by atoms with Crippen molar-refractivity contribution in [3.63, 3.8) is 0 Å². The van der Waals surface area contributed by atoms with Crippen LogP contribution in [0.25, 0.3) is 0 Å². The first-order valence-electron chi connectivity index (χ1n) is 9.84. The largest absolute Gasteiger partial charge is 0.479 e. The van der Waals surface area contributed by atoms with Gasteiger partial charge in [-0.3, -0.25) is 14.4 Å². The van der Waals surface area contributed by atoms with Crippen LogP contribution in [-0.4, -0.2) is 61.4 Å². The van der Waals surface area contributed by atoms with E-state index in [1.165, 1.54) is 0 Å². The molecule has 2 aliphatic heterocycles. The Morgan fingerprint density at radius 2 is 2.11 bits per heavy atom. The molecule has 1 aromatic carbocycles. The average molecular weight is 388 g/mol. The summed E-state index contributed by atoms with van der Waals surface area (Å²) in [5.41, 5.74) is 6.12. The van der Waals surface area contributed by atoms with E-state index in [9.17, 15) is 14.4 Å². The van der Waals surface area contributed by atoms with Crippen LogP contribution in [0.3, 0.4) is 0 Å². The number of nitrogens with one attached hydrogen (secondary N) is 1. The standard InChI is InChI=1S/C20H28N4O4/c1-14-20(27)24(16-6-2-3-7-17(16)28-14)12-8-18(25)23-11-4-5-15(13-23)19(26)22-10-9-21/h2-3,6-7,14-15H,4-5,8-13,21H2,1H3,(H,22,26). The third kappa shape index (κ3) is 4.44. The summed E-state index contributed by atoms with van der Waals surface area (Å²) in [6.07, 6.45) is 1.20. The van der Waals surface area contributed by atoms with Gasteiger partial charge in [-0.15, -0.1) is 0 Å². The van der Waals surface area contributed by atoms with Gasteiger partial charge in [-0.1, -0.05) is 12.1 Å². The normalized spacial score (nSPS) is 21.7. The van der Waals surface area contributed by atoms with Gasteiger partial charge in [-0.2, -0.15) is 0 Å². The minimum Gasteiger partial charge on any atom is -0.479 e. The predicted octanol–water partition coefficient (Wildman–Crippen LogP) is 0.504. The molecule has 1 fully saturated rings. The molecule has 8 heteroatoms. The van der Waals surface area contributed by atoms with E-state index in [4.69, 9.17) is 10.5 Å². The van der Waals surface area contributed by atoms with Crippen molar-refractivity contribution in [3.8, 4) is 5.75 Å². The molecule has 2 aliphatic rings. The van der Waals surface area contributed by atoms with Gasteiger partial charge in [0.25, 0.3) is 5.91 Å². The second kappa shape index (κ2) is 9.05. The minimum absolute atomic E-state index is 0.0410. The number of carbonyl (C=O) groups excluding carboxylic acids is 3. The maximum absolute atomic E-state index is 12.7. The smallest absolute Gasteiger partial charge is 0.267 e. The van der Waals surface area contributed by atoms with E-state index in [1.54, 1.807) is 16.7 Å². The molecule has 0 bridgehead atoms. The molecule has 3 rings (SSSR count). The SMILES string of the molecule is CC1Oc2ccccc2N(CCC(=O)N2CCCC(C(=O)NCCN)C2)C1=O. The van der Waals surface area contributed by atoms with Gasteiger partial charge in [0.1, 0.15) is 5.75 Å². The number of benzene rings is 1. The van der Waals surface area contributed by atoms with E-state index in [-0.39, 0.29) is 30.1 Å². The molecule has 3 N–H and O–H groups in total. The summed E-state index contributed by atoms with van der Waals surface area (Å²) in [6, 6.07) is 7.34. The summed E-state index contributed by atoms with van der Waals surface area (Å²) >= 11 is 0. The number of carbonyl (C=O) groups is 3. The average Bonchev–Trinajstić information content (AvgIpc) is 2.72. The van der Waals surface area contributed by atoms with E-state index in [1.807, 2.05) is 24.3 Å². The molecule has 0 aromatic heterocycles. The fourth-order valence-corrected chi connectivity index (χ4v) is 3.71. The van der Waals surface area contributed by atoms with Crippen LogP contribution < -0.4 is 20.7 Å². The van der Waals surface area contributed by atoms with Crippen LogP contribution in [-0.2, 0) is 14.4 Å². The Bertz CT molecular complexity index is 739. The molecule has 1 saturated heterocycles. The fraction of sp³-hybridized carbons (Fsp3) is 0.550. The Labute approximate surface area is 165 Å². The number of anilines is 1. The molecule has 1 aromatic rings. The molecule has 8 nitrogen and oxygen atoms in total. The number of rotatable bonds is 6. The zero-order valence-electron chi connectivity index (χ0n) is 16.2. The van der Waals surface area contributed by atoms with Crippen molar-refractivity contribution in [1.82, 2.24) is 10.2 Å². The Kier molecular flexibility index (Phi) is 6.51. The van der Waals surface area contributed by atoms with Crippen LogP contribution in [0.4, 0.5) is 5.69 Å². The number of piperidine rings is 1. The molecular formula is C20H28N4O4. The van der Waals surface area contributed by atoms with Crippen LogP contribution in [0, 0.1) is 5.92 Å². The second-order valence-corrected chi connectivity index (χ2v) is 7.23. The van der Waals surface area contributed by atoms with Crippen LogP contribution in [0.15, 0.2) is 24.3 Å². The molecule has 2 atom stereocenters. The molecule has 0 aliphatic carbocycles. The molecule has 0 spiro atoms. The number of nitrogens with zero attached hydrogens (tertiary/aromatic N) is 2. The summed E-state index contributed by atoms with van der Waals surface area (Å²) in [4.78, 5) is 40.8. The number of para-hydroxylation sites is 2. The fourth-order valence-electron chi connectivity index (χ4n) is 3.71. The molecule has 3 amide bonds. The first kappa shape index (κ1) is 20.1. The summed E-state index contributed by atoms with van der Waals surface area (Å²) in [5, 5.41) is 2.80. The Morgan fingerprint density at radius 1 is 1.32 bits per heavy atom. The Morgan fingerprint density at radius 3 is 2.89 bits per heavy atom. The molecule has 2 heterocycles. The van der Waals surface area contributed by atoms with Gasteiger partial charge in [-0.05, 0) is 31.9 Å². The lowest BCUT2D eigenvalue weighted by atomic mass is 9.97. The first-order valence-corrected chi connectivity index (χ1v) is 9.84. The van der Waals surface area contributed by atoms with Crippen LogP contribution >= 0.6 is 0 Å². The van der Waals surface area contributed by atoms with Gasteiger partial charge in [0, 0.05) is 39.1 Å². The highest BCUT2D eigenvalue weighted by Gasteiger charge is 2.33. The molecular weight excluding hydrogens is 360 g/mol. The molecule has 152 valence electrons. The lowest BCUT2D eigenvalue weighted by molar-refractivity contribution is -0.135. The van der Waals surface area contributed by atoms with Gasteiger partial charge in [-0.25, -0.2) is 0 Å². The highest BCUT2D eigenvalue weighted by Crippen LogP contribution is 2.33.